The van der Waals surface area contributed by atoms with Crippen LogP contribution in [0.4, 0.5) is 0 Å². The molecule has 2 aromatic rings. The van der Waals surface area contributed by atoms with Gasteiger partial charge in [-0.25, -0.2) is 9.59 Å². The fraction of sp³-hybridized carbons (Fsp3) is 0.467. The summed E-state index contributed by atoms with van der Waals surface area (Å²) in [5, 5.41) is 10.7. The Morgan fingerprint density at radius 3 is 2.61 bits per heavy atom. The Morgan fingerprint density at radius 1 is 1.11 bits per heavy atom. The predicted molar refractivity (Wildman–Crippen MR) is 138 cm³/mol. The minimum Gasteiger partial charge on any atom is -0.507 e. The van der Waals surface area contributed by atoms with E-state index in [0.717, 1.165) is 6.42 Å². The second kappa shape index (κ2) is 10.4. The zero-order valence-electron chi connectivity index (χ0n) is 22.1. The molecule has 2 aromatic carbocycles. The molecule has 2 heterocycles. The minimum atomic E-state index is -0.856. The molecular weight excluding hydrogens is 488 g/mol. The molecule has 8 heteroatoms. The number of benzene rings is 2. The Labute approximate surface area is 222 Å². The van der Waals surface area contributed by atoms with Crippen molar-refractivity contribution in [1.82, 2.24) is 0 Å². The molecular formula is C30H34O8. The van der Waals surface area contributed by atoms with Crippen LogP contribution in [0.1, 0.15) is 72.2 Å². The lowest BCUT2D eigenvalue weighted by Gasteiger charge is -2.25. The van der Waals surface area contributed by atoms with Crippen molar-refractivity contribution in [3.05, 3.63) is 71.3 Å². The van der Waals surface area contributed by atoms with Gasteiger partial charge in [0.1, 0.15) is 35.4 Å². The molecule has 0 spiro atoms. The summed E-state index contributed by atoms with van der Waals surface area (Å²) in [6.07, 6.45) is 3.40. The molecule has 2 aliphatic heterocycles. The van der Waals surface area contributed by atoms with Crippen molar-refractivity contribution in [2.45, 2.75) is 76.2 Å². The molecule has 202 valence electrons. The monoisotopic (exact) mass is 522 g/mol. The summed E-state index contributed by atoms with van der Waals surface area (Å²) in [7, 11) is 1.52. The van der Waals surface area contributed by atoms with E-state index in [9.17, 15) is 14.7 Å². The van der Waals surface area contributed by atoms with Crippen molar-refractivity contribution in [3.8, 4) is 11.5 Å². The number of ether oxygens (including phenoxy) is 5. The summed E-state index contributed by atoms with van der Waals surface area (Å²) in [5.74, 6) is -1.37. The van der Waals surface area contributed by atoms with Crippen molar-refractivity contribution in [3.63, 3.8) is 0 Å². The van der Waals surface area contributed by atoms with Crippen LogP contribution in [0.2, 0.25) is 0 Å². The lowest BCUT2D eigenvalue weighted by Crippen LogP contribution is -2.38. The maximum atomic E-state index is 13.1. The number of aromatic hydroxyl groups is 1. The number of esters is 2. The van der Waals surface area contributed by atoms with Crippen molar-refractivity contribution in [1.29, 1.82) is 0 Å². The van der Waals surface area contributed by atoms with Crippen molar-refractivity contribution in [2.75, 3.05) is 7.11 Å². The first-order valence-electron chi connectivity index (χ1n) is 13.1. The lowest BCUT2D eigenvalue weighted by molar-refractivity contribution is -0.153. The molecule has 0 aromatic heterocycles. The van der Waals surface area contributed by atoms with E-state index in [4.69, 9.17) is 23.7 Å². The Morgan fingerprint density at radius 2 is 1.87 bits per heavy atom. The highest BCUT2D eigenvalue weighted by molar-refractivity contribution is 5.95. The number of phenols is 1. The van der Waals surface area contributed by atoms with Crippen LogP contribution in [0.5, 0.6) is 11.5 Å². The van der Waals surface area contributed by atoms with Crippen LogP contribution >= 0.6 is 0 Å². The number of carbonyl (C=O) groups excluding carboxylic acids is 2. The van der Waals surface area contributed by atoms with Crippen LogP contribution in [-0.4, -0.2) is 54.4 Å². The quantitative estimate of drug-likeness (QED) is 0.437. The average molecular weight is 523 g/mol. The van der Waals surface area contributed by atoms with Gasteiger partial charge in [-0.05, 0) is 75.3 Å². The first kappa shape index (κ1) is 26.3. The maximum absolute atomic E-state index is 13.1. The molecule has 5 rings (SSSR count). The van der Waals surface area contributed by atoms with E-state index in [1.807, 2.05) is 26.0 Å². The van der Waals surface area contributed by atoms with Gasteiger partial charge in [0, 0.05) is 12.5 Å². The zero-order chi connectivity index (χ0) is 27.0. The van der Waals surface area contributed by atoms with E-state index in [1.54, 1.807) is 43.3 Å². The molecule has 0 amide bonds. The van der Waals surface area contributed by atoms with Gasteiger partial charge in [0.05, 0.1) is 18.8 Å². The molecule has 2 fully saturated rings. The molecule has 1 saturated heterocycles. The second-order valence-electron chi connectivity index (χ2n) is 10.7. The third-order valence-electron chi connectivity index (χ3n) is 7.32. The van der Waals surface area contributed by atoms with Gasteiger partial charge in [0.15, 0.2) is 5.79 Å². The van der Waals surface area contributed by atoms with Gasteiger partial charge in [0.25, 0.3) is 0 Å². The Balaban J connectivity index is 1.48. The van der Waals surface area contributed by atoms with E-state index < -0.39 is 36.0 Å². The van der Waals surface area contributed by atoms with Crippen molar-refractivity contribution in [2.24, 2.45) is 5.92 Å². The third kappa shape index (κ3) is 5.56. The molecule has 38 heavy (non-hydrogen) atoms. The number of rotatable bonds is 3. The van der Waals surface area contributed by atoms with Gasteiger partial charge in [-0.2, -0.15) is 0 Å². The van der Waals surface area contributed by atoms with E-state index in [2.05, 4.69) is 0 Å². The summed E-state index contributed by atoms with van der Waals surface area (Å²) in [4.78, 5) is 26.1. The summed E-state index contributed by atoms with van der Waals surface area (Å²) in [6, 6.07) is 12.1. The van der Waals surface area contributed by atoms with E-state index in [1.165, 1.54) is 13.2 Å². The first-order valence-corrected chi connectivity index (χ1v) is 13.1. The Kier molecular flexibility index (Phi) is 7.20. The molecule has 1 aliphatic carbocycles. The minimum absolute atomic E-state index is 0.0191. The van der Waals surface area contributed by atoms with Crippen molar-refractivity contribution >= 4 is 11.9 Å². The first-order chi connectivity index (χ1) is 18.1. The molecule has 1 saturated carbocycles. The van der Waals surface area contributed by atoms with Crippen LogP contribution in [0.25, 0.3) is 0 Å². The number of cyclic esters (lactones) is 1. The smallest absolute Gasteiger partial charge is 0.342 e. The van der Waals surface area contributed by atoms with E-state index in [-0.39, 0.29) is 29.3 Å². The van der Waals surface area contributed by atoms with Crippen LogP contribution in [-0.2, 0) is 18.9 Å². The summed E-state index contributed by atoms with van der Waals surface area (Å²) in [5.41, 5.74) is 1.34. The normalized spacial score (nSPS) is 31.0. The molecule has 3 aliphatic rings. The lowest BCUT2D eigenvalue weighted by atomic mass is 9.96. The molecule has 1 N–H and O–H groups in total. The number of phenolic OH excluding ortho intramolecular Hbond substituents is 1. The second-order valence-corrected chi connectivity index (χ2v) is 10.7. The third-order valence-corrected chi connectivity index (χ3v) is 7.32. The molecule has 6 atom stereocenters. The molecule has 8 nitrogen and oxygen atoms in total. The van der Waals surface area contributed by atoms with Gasteiger partial charge in [-0.1, -0.05) is 24.3 Å². The molecule has 0 bridgehead atoms. The van der Waals surface area contributed by atoms with Gasteiger partial charge in [0.2, 0.25) is 0 Å². The number of hydrogen-bond donors (Lipinski definition) is 1. The number of fused-ring (bicyclic) bond motifs is 4. The number of methoxy groups -OCH3 is 1. The standard InChI is InChI=1S/C30H34O8/c1-17-9-8-12-24(36-28(32)18-10-6-5-7-11-18)27-25(37-30(2,3)38-27)14-19-13-21(19)22-15-20(34-4)16-23(31)26(22)29(33)35-17/h5-8,10-12,15-17,19,21,24-25,27,31H,9,13-14H2,1-4H3/b12-8-/t17-,19?,21?,24?,25-,27+/m0/s1. The SMILES string of the molecule is COc1cc(O)c2c(c1)C1CC1C[C@@H]1OC(C)(C)O[C@@H]1C(OC(=O)c1ccccc1)/C=C\C[C@H](C)OC2=O. The van der Waals surface area contributed by atoms with Crippen LogP contribution in [0, 0.1) is 5.92 Å². The van der Waals surface area contributed by atoms with Crippen LogP contribution < -0.4 is 4.74 Å². The van der Waals surface area contributed by atoms with Gasteiger partial charge >= 0.3 is 11.9 Å². The fourth-order valence-corrected chi connectivity index (χ4v) is 5.44. The largest absolute Gasteiger partial charge is 0.507 e. The van der Waals surface area contributed by atoms with E-state index >= 15 is 0 Å². The summed E-state index contributed by atoms with van der Waals surface area (Å²) in [6.45, 7) is 5.48. The number of hydrogen-bond acceptors (Lipinski definition) is 8. The van der Waals surface area contributed by atoms with Gasteiger partial charge in [-0.3, -0.25) is 0 Å². The van der Waals surface area contributed by atoms with Gasteiger partial charge < -0.3 is 28.8 Å². The fourth-order valence-electron chi connectivity index (χ4n) is 5.44. The maximum Gasteiger partial charge on any atom is 0.342 e. The molecule has 3 unspecified atom stereocenters. The summed E-state index contributed by atoms with van der Waals surface area (Å²) >= 11 is 0. The van der Waals surface area contributed by atoms with Crippen LogP contribution in [0.15, 0.2) is 54.6 Å². The number of carbonyl (C=O) groups is 2. The predicted octanol–water partition coefficient (Wildman–Crippen LogP) is 5.15. The topological polar surface area (TPSA) is 101 Å². The van der Waals surface area contributed by atoms with Gasteiger partial charge in [-0.15, -0.1) is 0 Å². The summed E-state index contributed by atoms with van der Waals surface area (Å²) < 4.78 is 29.6. The highest BCUT2D eigenvalue weighted by Gasteiger charge is 2.51. The zero-order valence-corrected chi connectivity index (χ0v) is 22.1. The highest BCUT2D eigenvalue weighted by atomic mass is 16.8. The average Bonchev–Trinajstić information content (AvgIpc) is 3.57. The molecule has 0 radical (unpaired) electrons. The highest BCUT2D eigenvalue weighted by Crippen LogP contribution is 2.54. The van der Waals surface area contributed by atoms with Crippen molar-refractivity contribution < 1.29 is 38.4 Å². The van der Waals surface area contributed by atoms with E-state index in [0.29, 0.717) is 29.7 Å². The van der Waals surface area contributed by atoms with Crippen LogP contribution in [0.3, 0.4) is 0 Å². The Bertz CT molecular complexity index is 1220. The Hall–Kier alpha value is -3.36.